The standard InChI is InChI=1S/C13H19N3O3/c1-9(13(2,3)4)7-11(17)14-10-5-6-16(15-10)8-12(18)19/h5-7H,8H2,1-4H3,(H,18,19)(H,14,15,17)/b9-7-. The number of carbonyl (C=O) groups excluding carboxylic acids is 1. The average Bonchev–Trinajstić information content (AvgIpc) is 2.62. The molecule has 1 rings (SSSR count). The predicted molar refractivity (Wildman–Crippen MR) is 71.7 cm³/mol. The number of nitrogens with zero attached hydrogens (tertiary/aromatic N) is 2. The maximum absolute atomic E-state index is 11.7. The summed E-state index contributed by atoms with van der Waals surface area (Å²) in [5.74, 6) is -0.915. The fourth-order valence-corrected chi connectivity index (χ4v) is 1.23. The summed E-state index contributed by atoms with van der Waals surface area (Å²) in [5, 5.41) is 15.1. The van der Waals surface area contributed by atoms with Crippen molar-refractivity contribution in [1.82, 2.24) is 9.78 Å². The number of rotatable bonds is 4. The number of aromatic nitrogens is 2. The van der Waals surface area contributed by atoms with Gasteiger partial charge in [-0.2, -0.15) is 5.10 Å². The van der Waals surface area contributed by atoms with E-state index in [9.17, 15) is 9.59 Å². The van der Waals surface area contributed by atoms with E-state index in [1.807, 2.05) is 27.7 Å². The van der Waals surface area contributed by atoms with E-state index in [-0.39, 0.29) is 17.9 Å². The van der Waals surface area contributed by atoms with Gasteiger partial charge in [0.2, 0.25) is 5.91 Å². The van der Waals surface area contributed by atoms with Crippen LogP contribution < -0.4 is 5.32 Å². The summed E-state index contributed by atoms with van der Waals surface area (Å²) in [6.45, 7) is 7.73. The fraction of sp³-hybridized carbons (Fsp3) is 0.462. The fourth-order valence-electron chi connectivity index (χ4n) is 1.23. The van der Waals surface area contributed by atoms with Gasteiger partial charge in [-0.05, 0) is 12.3 Å². The molecule has 0 radical (unpaired) electrons. The largest absolute Gasteiger partial charge is 0.480 e. The first-order valence-electron chi connectivity index (χ1n) is 5.93. The molecular formula is C13H19N3O3. The Morgan fingerprint density at radius 1 is 1.47 bits per heavy atom. The molecule has 0 aliphatic rings. The van der Waals surface area contributed by atoms with Gasteiger partial charge in [0.05, 0.1) is 0 Å². The number of hydrogen-bond acceptors (Lipinski definition) is 3. The van der Waals surface area contributed by atoms with Crippen molar-refractivity contribution in [3.63, 3.8) is 0 Å². The van der Waals surface area contributed by atoms with Crippen LogP contribution in [0.2, 0.25) is 0 Å². The normalized spacial score (nSPS) is 12.3. The van der Waals surface area contributed by atoms with Crippen LogP contribution in [-0.2, 0) is 16.1 Å². The Kier molecular flexibility index (Phi) is 4.47. The van der Waals surface area contributed by atoms with Crippen LogP contribution in [0.5, 0.6) is 0 Å². The van der Waals surface area contributed by atoms with Crippen molar-refractivity contribution < 1.29 is 14.7 Å². The first-order valence-corrected chi connectivity index (χ1v) is 5.93. The van der Waals surface area contributed by atoms with Crippen molar-refractivity contribution in [2.24, 2.45) is 5.41 Å². The van der Waals surface area contributed by atoms with E-state index >= 15 is 0 Å². The molecule has 0 spiro atoms. The van der Waals surface area contributed by atoms with Gasteiger partial charge in [-0.25, -0.2) is 0 Å². The van der Waals surface area contributed by atoms with E-state index in [1.54, 1.807) is 6.07 Å². The summed E-state index contributed by atoms with van der Waals surface area (Å²) < 4.78 is 1.25. The molecule has 2 N–H and O–H groups in total. The van der Waals surface area contributed by atoms with Crippen LogP contribution in [0.25, 0.3) is 0 Å². The molecule has 0 saturated carbocycles. The number of anilines is 1. The zero-order valence-corrected chi connectivity index (χ0v) is 11.6. The van der Waals surface area contributed by atoms with Crippen LogP contribution in [0, 0.1) is 5.41 Å². The second-order valence-corrected chi connectivity index (χ2v) is 5.36. The van der Waals surface area contributed by atoms with Gasteiger partial charge in [0.15, 0.2) is 5.82 Å². The van der Waals surface area contributed by atoms with Gasteiger partial charge in [-0.1, -0.05) is 26.3 Å². The highest BCUT2D eigenvalue weighted by molar-refractivity contribution is 5.99. The third kappa shape index (κ3) is 4.95. The molecule has 0 saturated heterocycles. The smallest absolute Gasteiger partial charge is 0.325 e. The molecule has 0 aromatic carbocycles. The van der Waals surface area contributed by atoms with Crippen molar-refractivity contribution in [3.8, 4) is 0 Å². The lowest BCUT2D eigenvalue weighted by Gasteiger charge is -2.18. The Morgan fingerprint density at radius 2 is 2.11 bits per heavy atom. The molecule has 0 fully saturated rings. The lowest BCUT2D eigenvalue weighted by Crippen LogP contribution is -2.14. The summed E-state index contributed by atoms with van der Waals surface area (Å²) in [4.78, 5) is 22.2. The maximum Gasteiger partial charge on any atom is 0.325 e. The van der Waals surface area contributed by atoms with Gasteiger partial charge in [0, 0.05) is 18.3 Å². The average molecular weight is 265 g/mol. The minimum atomic E-state index is -0.982. The van der Waals surface area contributed by atoms with Crippen LogP contribution in [0.3, 0.4) is 0 Å². The molecule has 1 aromatic heterocycles. The van der Waals surface area contributed by atoms with Crippen LogP contribution in [0.1, 0.15) is 27.7 Å². The molecule has 0 unspecified atom stereocenters. The maximum atomic E-state index is 11.7. The summed E-state index contributed by atoms with van der Waals surface area (Å²) >= 11 is 0. The highest BCUT2D eigenvalue weighted by Gasteiger charge is 2.14. The van der Waals surface area contributed by atoms with E-state index in [0.717, 1.165) is 5.57 Å². The first kappa shape index (κ1) is 14.9. The number of aliphatic carboxylic acids is 1. The first-order chi connectivity index (χ1) is 8.68. The van der Waals surface area contributed by atoms with Crippen molar-refractivity contribution in [2.75, 3.05) is 5.32 Å². The number of carboxylic acid groups (broad SMARTS) is 1. The van der Waals surface area contributed by atoms with Crippen LogP contribution >= 0.6 is 0 Å². The molecule has 0 aliphatic carbocycles. The third-order valence-corrected chi connectivity index (χ3v) is 2.72. The molecule has 0 aliphatic heterocycles. The lowest BCUT2D eigenvalue weighted by molar-refractivity contribution is -0.137. The highest BCUT2D eigenvalue weighted by atomic mass is 16.4. The zero-order chi connectivity index (χ0) is 14.6. The van der Waals surface area contributed by atoms with Crippen LogP contribution in [0.4, 0.5) is 5.82 Å². The van der Waals surface area contributed by atoms with E-state index in [1.165, 1.54) is 17.0 Å². The molecule has 0 bridgehead atoms. The minimum Gasteiger partial charge on any atom is -0.480 e. The summed E-state index contributed by atoms with van der Waals surface area (Å²) in [6, 6.07) is 1.56. The molecule has 1 aromatic rings. The van der Waals surface area contributed by atoms with E-state index in [0.29, 0.717) is 5.82 Å². The molecule has 6 heteroatoms. The Labute approximate surface area is 112 Å². The molecule has 104 valence electrons. The molecule has 19 heavy (non-hydrogen) atoms. The van der Waals surface area contributed by atoms with Gasteiger partial charge in [0.25, 0.3) is 0 Å². The number of amides is 1. The molecule has 0 atom stereocenters. The lowest BCUT2D eigenvalue weighted by atomic mass is 9.87. The summed E-state index contributed by atoms with van der Waals surface area (Å²) in [7, 11) is 0. The van der Waals surface area contributed by atoms with Crippen molar-refractivity contribution in [2.45, 2.75) is 34.2 Å². The highest BCUT2D eigenvalue weighted by Crippen LogP contribution is 2.24. The number of carbonyl (C=O) groups is 2. The number of carboxylic acids is 1. The zero-order valence-electron chi connectivity index (χ0n) is 11.6. The van der Waals surface area contributed by atoms with Gasteiger partial charge >= 0.3 is 5.97 Å². The number of nitrogens with one attached hydrogen (secondary N) is 1. The SMILES string of the molecule is C/C(=C/C(=O)Nc1ccn(CC(=O)O)n1)C(C)(C)C. The number of allylic oxidation sites excluding steroid dienone is 1. The Morgan fingerprint density at radius 3 is 2.63 bits per heavy atom. The third-order valence-electron chi connectivity index (χ3n) is 2.72. The van der Waals surface area contributed by atoms with Gasteiger partial charge in [0.1, 0.15) is 6.54 Å². The molecular weight excluding hydrogens is 246 g/mol. The van der Waals surface area contributed by atoms with Gasteiger partial charge in [-0.3, -0.25) is 14.3 Å². The topological polar surface area (TPSA) is 84.2 Å². The van der Waals surface area contributed by atoms with Gasteiger partial charge < -0.3 is 10.4 Å². The van der Waals surface area contributed by atoms with E-state index < -0.39 is 5.97 Å². The molecule has 6 nitrogen and oxygen atoms in total. The molecule has 1 amide bonds. The second kappa shape index (κ2) is 5.69. The Bertz CT molecular complexity index is 509. The molecule has 1 heterocycles. The summed E-state index contributed by atoms with van der Waals surface area (Å²) in [6.07, 6.45) is 3.03. The van der Waals surface area contributed by atoms with Crippen molar-refractivity contribution >= 4 is 17.7 Å². The van der Waals surface area contributed by atoms with Crippen molar-refractivity contribution in [3.05, 3.63) is 23.9 Å². The summed E-state index contributed by atoms with van der Waals surface area (Å²) in [5.41, 5.74) is 0.884. The number of hydrogen-bond donors (Lipinski definition) is 2. The Balaban J connectivity index is 2.68. The predicted octanol–water partition coefficient (Wildman–Crippen LogP) is 1.90. The van der Waals surface area contributed by atoms with Crippen molar-refractivity contribution in [1.29, 1.82) is 0 Å². The van der Waals surface area contributed by atoms with E-state index in [4.69, 9.17) is 5.11 Å². The van der Waals surface area contributed by atoms with Crippen LogP contribution in [-0.4, -0.2) is 26.8 Å². The van der Waals surface area contributed by atoms with Crippen LogP contribution in [0.15, 0.2) is 23.9 Å². The minimum absolute atomic E-state index is 0.0694. The monoisotopic (exact) mass is 265 g/mol. The second-order valence-electron chi connectivity index (χ2n) is 5.36. The van der Waals surface area contributed by atoms with Gasteiger partial charge in [-0.15, -0.1) is 0 Å². The quantitative estimate of drug-likeness (QED) is 0.814. The Hall–Kier alpha value is -2.11. The van der Waals surface area contributed by atoms with E-state index in [2.05, 4.69) is 10.4 Å².